The maximum atomic E-state index is 13.7. The third-order valence-corrected chi connectivity index (χ3v) is 2.96. The smallest absolute Gasteiger partial charge is 0.146 e. The number of hydrogen-bond donors (Lipinski definition) is 1. The zero-order valence-electron chi connectivity index (χ0n) is 10.2. The molecule has 0 amide bonds. The number of hydrogen-bond acceptors (Lipinski definition) is 2. The minimum absolute atomic E-state index is 0.328. The van der Waals surface area contributed by atoms with Crippen LogP contribution in [-0.2, 0) is 0 Å². The molecule has 2 rings (SSSR count). The zero-order valence-corrected chi connectivity index (χ0v) is 10.2. The molecule has 0 saturated heterocycles. The van der Waals surface area contributed by atoms with E-state index >= 15 is 0 Å². The Kier molecular flexibility index (Phi) is 3.67. The Bertz CT molecular complexity index is 555. The number of nitrogens with one attached hydrogen (secondary N) is 1. The van der Waals surface area contributed by atoms with Gasteiger partial charge in [0.2, 0.25) is 0 Å². The van der Waals surface area contributed by atoms with Crippen molar-refractivity contribution in [3.63, 3.8) is 0 Å². The van der Waals surface area contributed by atoms with Gasteiger partial charge >= 0.3 is 0 Å². The van der Waals surface area contributed by atoms with Crippen LogP contribution < -0.4 is 5.32 Å². The molecule has 0 aliphatic heterocycles. The van der Waals surface area contributed by atoms with Gasteiger partial charge in [-0.3, -0.25) is 4.98 Å². The summed E-state index contributed by atoms with van der Waals surface area (Å²) in [6.45, 7) is 1.87. The average molecular weight is 248 g/mol. The summed E-state index contributed by atoms with van der Waals surface area (Å²) in [5.41, 5.74) is 2.09. The van der Waals surface area contributed by atoms with E-state index in [1.165, 1.54) is 18.3 Å². The van der Waals surface area contributed by atoms with Crippen molar-refractivity contribution in [1.82, 2.24) is 10.3 Å². The normalized spacial score (nSPS) is 12.4. The third kappa shape index (κ3) is 2.38. The predicted octanol–water partition coefficient (Wildman–Crippen LogP) is 2.98. The van der Waals surface area contributed by atoms with Crippen LogP contribution in [0.2, 0.25) is 0 Å². The van der Waals surface area contributed by atoms with Gasteiger partial charge in [0.15, 0.2) is 0 Å². The van der Waals surface area contributed by atoms with Crippen LogP contribution in [0.5, 0.6) is 0 Å². The summed E-state index contributed by atoms with van der Waals surface area (Å²) in [7, 11) is 1.72. The second-order valence-corrected chi connectivity index (χ2v) is 4.12. The van der Waals surface area contributed by atoms with Crippen LogP contribution in [0, 0.1) is 18.6 Å². The Labute approximate surface area is 105 Å². The molecule has 0 radical (unpaired) electrons. The Morgan fingerprint density at radius 3 is 2.61 bits per heavy atom. The first-order valence-corrected chi connectivity index (χ1v) is 5.66. The predicted molar refractivity (Wildman–Crippen MR) is 66.2 cm³/mol. The Balaban J connectivity index is 2.52. The van der Waals surface area contributed by atoms with Gasteiger partial charge in [-0.2, -0.15) is 0 Å². The number of aromatic nitrogens is 1. The van der Waals surface area contributed by atoms with Crippen molar-refractivity contribution < 1.29 is 8.78 Å². The first-order chi connectivity index (χ1) is 8.63. The molecule has 1 atom stereocenters. The Hall–Kier alpha value is -1.81. The highest BCUT2D eigenvalue weighted by molar-refractivity contribution is 5.37. The van der Waals surface area contributed by atoms with Crippen molar-refractivity contribution in [2.24, 2.45) is 0 Å². The molecule has 1 heterocycles. The van der Waals surface area contributed by atoms with E-state index in [9.17, 15) is 8.78 Å². The van der Waals surface area contributed by atoms with Gasteiger partial charge < -0.3 is 5.32 Å². The number of aryl methyl sites for hydroxylation is 1. The van der Waals surface area contributed by atoms with Crippen LogP contribution in [-0.4, -0.2) is 12.0 Å². The summed E-state index contributed by atoms with van der Waals surface area (Å²) in [6, 6.07) is 5.73. The van der Waals surface area contributed by atoms with E-state index < -0.39 is 5.82 Å². The van der Waals surface area contributed by atoms with E-state index in [-0.39, 0.29) is 11.9 Å². The molecule has 1 unspecified atom stereocenters. The Morgan fingerprint density at radius 1 is 1.17 bits per heavy atom. The summed E-state index contributed by atoms with van der Waals surface area (Å²) in [6.07, 6.45) is 2.69. The van der Waals surface area contributed by atoms with E-state index in [0.29, 0.717) is 5.56 Å². The van der Waals surface area contributed by atoms with E-state index in [0.717, 1.165) is 17.3 Å². The molecule has 18 heavy (non-hydrogen) atoms. The van der Waals surface area contributed by atoms with Crippen LogP contribution in [0.15, 0.2) is 36.7 Å². The molecule has 1 N–H and O–H groups in total. The van der Waals surface area contributed by atoms with Gasteiger partial charge in [-0.1, -0.05) is 6.07 Å². The molecule has 0 aliphatic rings. The van der Waals surface area contributed by atoms with Gasteiger partial charge in [0, 0.05) is 11.8 Å². The third-order valence-electron chi connectivity index (χ3n) is 2.96. The minimum atomic E-state index is -0.402. The van der Waals surface area contributed by atoms with Crippen LogP contribution in [0.3, 0.4) is 0 Å². The molecule has 0 fully saturated rings. The summed E-state index contributed by atoms with van der Waals surface area (Å²) < 4.78 is 27.1. The molecule has 2 aromatic rings. The van der Waals surface area contributed by atoms with Gasteiger partial charge in [0.1, 0.15) is 11.6 Å². The van der Waals surface area contributed by atoms with Crippen molar-refractivity contribution >= 4 is 0 Å². The highest BCUT2D eigenvalue weighted by Gasteiger charge is 2.18. The van der Waals surface area contributed by atoms with Crippen LogP contribution >= 0.6 is 0 Å². The quantitative estimate of drug-likeness (QED) is 0.903. The van der Waals surface area contributed by atoms with Gasteiger partial charge in [0.25, 0.3) is 0 Å². The Morgan fingerprint density at radius 2 is 1.94 bits per heavy atom. The van der Waals surface area contributed by atoms with Crippen molar-refractivity contribution in [1.29, 1.82) is 0 Å². The lowest BCUT2D eigenvalue weighted by Crippen LogP contribution is -2.20. The monoisotopic (exact) mass is 248 g/mol. The molecule has 0 aliphatic carbocycles. The largest absolute Gasteiger partial charge is 0.309 e. The molecule has 0 saturated carbocycles. The maximum Gasteiger partial charge on any atom is 0.146 e. The van der Waals surface area contributed by atoms with Gasteiger partial charge in [-0.25, -0.2) is 8.78 Å². The topological polar surface area (TPSA) is 24.9 Å². The number of nitrogens with zero attached hydrogens (tertiary/aromatic N) is 1. The lowest BCUT2D eigenvalue weighted by Gasteiger charge is -2.19. The molecule has 0 spiro atoms. The molecule has 0 bridgehead atoms. The molecule has 94 valence electrons. The van der Waals surface area contributed by atoms with E-state index in [1.807, 2.05) is 6.92 Å². The fourth-order valence-corrected chi connectivity index (χ4v) is 2.02. The summed E-state index contributed by atoms with van der Waals surface area (Å²) >= 11 is 0. The van der Waals surface area contributed by atoms with Crippen LogP contribution in [0.25, 0.3) is 0 Å². The average Bonchev–Trinajstić information content (AvgIpc) is 2.36. The van der Waals surface area contributed by atoms with E-state index in [2.05, 4.69) is 10.3 Å². The van der Waals surface area contributed by atoms with Crippen molar-refractivity contribution in [3.05, 3.63) is 65.0 Å². The number of pyridine rings is 1. The van der Waals surface area contributed by atoms with E-state index in [1.54, 1.807) is 19.2 Å². The molecule has 2 nitrogen and oxygen atoms in total. The van der Waals surface area contributed by atoms with E-state index in [4.69, 9.17) is 0 Å². The summed E-state index contributed by atoms with van der Waals surface area (Å²) in [5.74, 6) is -0.731. The highest BCUT2D eigenvalue weighted by atomic mass is 19.1. The summed E-state index contributed by atoms with van der Waals surface area (Å²) in [5, 5.41) is 3.01. The van der Waals surface area contributed by atoms with Gasteiger partial charge in [0.05, 0.1) is 12.2 Å². The SMILES string of the molecule is CNC(c1cc(F)ccc1C)c1ccncc1F. The van der Waals surface area contributed by atoms with Crippen LogP contribution in [0.1, 0.15) is 22.7 Å². The standard InChI is InChI=1S/C14H14F2N2/c1-9-3-4-10(15)7-12(9)14(17-2)11-5-6-18-8-13(11)16/h3-8,14,17H,1-2H3. The van der Waals surface area contributed by atoms with Crippen molar-refractivity contribution in [2.75, 3.05) is 7.05 Å². The number of benzene rings is 1. The second-order valence-electron chi connectivity index (χ2n) is 4.12. The highest BCUT2D eigenvalue weighted by Crippen LogP contribution is 2.26. The fourth-order valence-electron chi connectivity index (χ4n) is 2.02. The fraction of sp³-hybridized carbons (Fsp3) is 0.214. The molecular formula is C14H14F2N2. The number of halogens is 2. The zero-order chi connectivity index (χ0) is 13.1. The molecular weight excluding hydrogens is 234 g/mol. The lowest BCUT2D eigenvalue weighted by molar-refractivity contribution is 0.565. The van der Waals surface area contributed by atoms with Crippen LogP contribution in [0.4, 0.5) is 8.78 Å². The maximum absolute atomic E-state index is 13.7. The molecule has 1 aromatic heterocycles. The minimum Gasteiger partial charge on any atom is -0.309 e. The first kappa shape index (κ1) is 12.6. The second kappa shape index (κ2) is 5.23. The molecule has 4 heteroatoms. The lowest BCUT2D eigenvalue weighted by atomic mass is 9.95. The first-order valence-electron chi connectivity index (χ1n) is 5.66. The van der Waals surface area contributed by atoms with Crippen molar-refractivity contribution in [3.8, 4) is 0 Å². The summed E-state index contributed by atoms with van der Waals surface area (Å²) in [4.78, 5) is 3.72. The van der Waals surface area contributed by atoms with Gasteiger partial charge in [-0.05, 0) is 43.3 Å². The molecule has 1 aromatic carbocycles. The number of rotatable bonds is 3. The van der Waals surface area contributed by atoms with Gasteiger partial charge in [-0.15, -0.1) is 0 Å². The van der Waals surface area contributed by atoms with Crippen molar-refractivity contribution in [2.45, 2.75) is 13.0 Å².